The second-order valence-electron chi connectivity index (χ2n) is 5.41. The molecule has 1 unspecified atom stereocenters. The van der Waals surface area contributed by atoms with Crippen molar-refractivity contribution in [3.05, 3.63) is 60.2 Å². The molecule has 2 aromatic carbocycles. The van der Waals surface area contributed by atoms with Crippen molar-refractivity contribution in [1.29, 1.82) is 0 Å². The third-order valence-electron chi connectivity index (χ3n) is 3.60. The maximum atomic E-state index is 12.9. The van der Waals surface area contributed by atoms with Crippen LogP contribution in [-0.4, -0.2) is 34.4 Å². The van der Waals surface area contributed by atoms with Crippen LogP contribution in [0.4, 0.5) is 5.69 Å². The van der Waals surface area contributed by atoms with E-state index in [0.29, 0.717) is 17.9 Å². The van der Waals surface area contributed by atoms with Crippen LogP contribution in [-0.2, 0) is 16.0 Å². The van der Waals surface area contributed by atoms with E-state index in [2.05, 4.69) is 12.6 Å². The lowest BCUT2D eigenvalue weighted by Gasteiger charge is -2.25. The van der Waals surface area contributed by atoms with Gasteiger partial charge < -0.3 is 15.1 Å². The summed E-state index contributed by atoms with van der Waals surface area (Å²) in [4.78, 5) is 25.2. The number of nitrogens with zero attached hydrogens (tertiary/aromatic N) is 1. The number of amides is 1. The van der Waals surface area contributed by atoms with E-state index in [1.54, 1.807) is 12.1 Å². The first kappa shape index (κ1) is 17.9. The first-order valence-electron chi connectivity index (χ1n) is 7.48. The number of thiol groups is 1. The largest absolute Gasteiger partial charge is 0.508 e. The summed E-state index contributed by atoms with van der Waals surface area (Å²) in [5.74, 6) is -1.65. The molecular weight excluding hydrogens is 326 g/mol. The van der Waals surface area contributed by atoms with E-state index in [1.807, 2.05) is 30.3 Å². The lowest BCUT2D eigenvalue weighted by Crippen LogP contribution is -2.41. The van der Waals surface area contributed by atoms with E-state index < -0.39 is 18.4 Å². The van der Waals surface area contributed by atoms with Crippen LogP contribution < -0.4 is 4.90 Å². The second kappa shape index (κ2) is 8.40. The Bertz CT molecular complexity index is 705. The lowest BCUT2D eigenvalue weighted by molar-refractivity contribution is -0.137. The molecule has 6 heteroatoms. The van der Waals surface area contributed by atoms with Gasteiger partial charge in [-0.25, -0.2) is 0 Å². The van der Waals surface area contributed by atoms with E-state index in [4.69, 9.17) is 5.11 Å². The Balaban J connectivity index is 2.26. The molecule has 0 aliphatic heterocycles. The minimum atomic E-state index is -1.12. The van der Waals surface area contributed by atoms with Crippen LogP contribution in [0.25, 0.3) is 0 Å². The van der Waals surface area contributed by atoms with Gasteiger partial charge in [0.1, 0.15) is 12.3 Å². The summed E-state index contributed by atoms with van der Waals surface area (Å²) in [5, 5.41) is 18.7. The molecule has 0 aliphatic carbocycles. The minimum absolute atomic E-state index is 0.0267. The van der Waals surface area contributed by atoms with Gasteiger partial charge in [-0.2, -0.15) is 12.6 Å². The van der Waals surface area contributed by atoms with Gasteiger partial charge in [0.2, 0.25) is 5.91 Å². The van der Waals surface area contributed by atoms with Crippen molar-refractivity contribution < 1.29 is 19.8 Å². The average Bonchev–Trinajstić information content (AvgIpc) is 2.57. The highest BCUT2D eigenvalue weighted by Crippen LogP contribution is 2.23. The van der Waals surface area contributed by atoms with Gasteiger partial charge in [-0.15, -0.1) is 0 Å². The molecule has 0 saturated heterocycles. The van der Waals surface area contributed by atoms with E-state index >= 15 is 0 Å². The molecule has 0 radical (unpaired) electrons. The number of hydrogen-bond donors (Lipinski definition) is 3. The van der Waals surface area contributed by atoms with Crippen molar-refractivity contribution in [2.75, 3.05) is 17.2 Å². The van der Waals surface area contributed by atoms with Crippen molar-refractivity contribution in [2.45, 2.75) is 6.42 Å². The molecule has 0 heterocycles. The van der Waals surface area contributed by atoms with Crippen LogP contribution in [0.1, 0.15) is 5.56 Å². The monoisotopic (exact) mass is 345 g/mol. The molecule has 0 aliphatic rings. The maximum absolute atomic E-state index is 12.9. The number of benzene rings is 2. The molecule has 24 heavy (non-hydrogen) atoms. The Morgan fingerprint density at radius 2 is 1.79 bits per heavy atom. The molecule has 0 bridgehead atoms. The Kier molecular flexibility index (Phi) is 6.26. The van der Waals surface area contributed by atoms with E-state index in [1.165, 1.54) is 17.0 Å². The van der Waals surface area contributed by atoms with Crippen molar-refractivity contribution in [3.8, 4) is 5.75 Å². The highest BCUT2D eigenvalue weighted by Gasteiger charge is 2.26. The number of hydrogen-bond acceptors (Lipinski definition) is 4. The summed E-state index contributed by atoms with van der Waals surface area (Å²) < 4.78 is 0. The summed E-state index contributed by atoms with van der Waals surface area (Å²) >= 11 is 4.26. The van der Waals surface area contributed by atoms with E-state index in [0.717, 1.165) is 5.56 Å². The van der Waals surface area contributed by atoms with E-state index in [-0.39, 0.29) is 11.7 Å². The standard InChI is InChI=1S/C18H19NO4S/c20-16-8-4-7-15(10-16)19(11-17(21)22)18(23)14(12-24)9-13-5-2-1-3-6-13/h1-8,10,14,20,24H,9,11-12H2,(H,21,22). The molecule has 0 saturated carbocycles. The van der Waals surface area contributed by atoms with Crippen LogP contribution >= 0.6 is 12.6 Å². The van der Waals surface area contributed by atoms with Crippen LogP contribution in [0.5, 0.6) is 5.75 Å². The number of carboxylic acids is 1. The number of phenolic OH excluding ortho intramolecular Hbond substituents is 1. The lowest BCUT2D eigenvalue weighted by atomic mass is 9.99. The zero-order chi connectivity index (χ0) is 17.5. The van der Waals surface area contributed by atoms with Gasteiger partial charge in [-0.1, -0.05) is 36.4 Å². The fourth-order valence-corrected chi connectivity index (χ4v) is 2.73. The van der Waals surface area contributed by atoms with Gasteiger partial charge in [0.25, 0.3) is 0 Å². The number of phenols is 1. The summed E-state index contributed by atoms with van der Waals surface area (Å²) in [6.45, 7) is -0.471. The molecule has 2 aromatic rings. The summed E-state index contributed by atoms with van der Waals surface area (Å²) in [6.07, 6.45) is 0.470. The first-order chi connectivity index (χ1) is 11.5. The van der Waals surface area contributed by atoms with Gasteiger partial charge in [0.15, 0.2) is 0 Å². The smallest absolute Gasteiger partial charge is 0.323 e. The zero-order valence-electron chi connectivity index (χ0n) is 13.0. The fraction of sp³-hybridized carbons (Fsp3) is 0.222. The van der Waals surface area contributed by atoms with Crippen LogP contribution in [0.3, 0.4) is 0 Å². The predicted octanol–water partition coefficient (Wildman–Crippen LogP) is 2.60. The molecule has 2 rings (SSSR count). The Labute approximate surface area is 146 Å². The van der Waals surface area contributed by atoms with Crippen LogP contribution in [0.2, 0.25) is 0 Å². The van der Waals surface area contributed by atoms with Gasteiger partial charge in [-0.05, 0) is 24.1 Å². The number of rotatable bonds is 7. The summed E-state index contributed by atoms with van der Waals surface area (Å²) in [5.41, 5.74) is 1.33. The van der Waals surface area contributed by atoms with Crippen molar-refractivity contribution in [2.24, 2.45) is 5.92 Å². The number of aliphatic carboxylic acids is 1. The molecular formula is C18H19NO4S. The quantitative estimate of drug-likeness (QED) is 0.674. The third kappa shape index (κ3) is 4.76. The normalized spacial score (nSPS) is 11.7. The number of carbonyl (C=O) groups excluding carboxylic acids is 1. The fourth-order valence-electron chi connectivity index (χ4n) is 2.44. The highest BCUT2D eigenvalue weighted by atomic mass is 32.1. The van der Waals surface area contributed by atoms with Gasteiger partial charge in [-0.3, -0.25) is 9.59 Å². The van der Waals surface area contributed by atoms with Crippen LogP contribution in [0, 0.1) is 5.92 Å². The van der Waals surface area contributed by atoms with Gasteiger partial charge in [0.05, 0.1) is 5.92 Å². The highest BCUT2D eigenvalue weighted by molar-refractivity contribution is 7.80. The molecule has 1 amide bonds. The van der Waals surface area contributed by atoms with E-state index in [9.17, 15) is 14.7 Å². The topological polar surface area (TPSA) is 77.8 Å². The molecule has 2 N–H and O–H groups in total. The third-order valence-corrected chi connectivity index (χ3v) is 4.04. The number of aromatic hydroxyl groups is 1. The minimum Gasteiger partial charge on any atom is -0.508 e. The average molecular weight is 345 g/mol. The number of anilines is 1. The molecule has 0 spiro atoms. The Morgan fingerprint density at radius 1 is 1.08 bits per heavy atom. The predicted molar refractivity (Wildman–Crippen MR) is 95.6 cm³/mol. The van der Waals surface area contributed by atoms with Gasteiger partial charge >= 0.3 is 5.97 Å². The Hall–Kier alpha value is -2.47. The second-order valence-corrected chi connectivity index (χ2v) is 5.77. The summed E-state index contributed by atoms with van der Waals surface area (Å²) in [6, 6.07) is 15.5. The molecule has 126 valence electrons. The summed E-state index contributed by atoms with van der Waals surface area (Å²) in [7, 11) is 0. The Morgan fingerprint density at radius 3 is 2.38 bits per heavy atom. The SMILES string of the molecule is O=C(O)CN(C(=O)C(CS)Cc1ccccc1)c1cccc(O)c1. The number of carboxylic acid groups (broad SMARTS) is 1. The number of carbonyl (C=O) groups is 2. The van der Waals surface area contributed by atoms with Crippen molar-refractivity contribution in [1.82, 2.24) is 0 Å². The maximum Gasteiger partial charge on any atom is 0.323 e. The molecule has 1 atom stereocenters. The zero-order valence-corrected chi connectivity index (χ0v) is 13.9. The van der Waals surface area contributed by atoms with Gasteiger partial charge in [0, 0.05) is 17.5 Å². The molecule has 0 aromatic heterocycles. The van der Waals surface area contributed by atoms with Crippen molar-refractivity contribution in [3.63, 3.8) is 0 Å². The van der Waals surface area contributed by atoms with Crippen molar-refractivity contribution >= 4 is 30.2 Å². The molecule has 0 fully saturated rings. The molecule has 5 nitrogen and oxygen atoms in total. The first-order valence-corrected chi connectivity index (χ1v) is 8.11. The van der Waals surface area contributed by atoms with Crippen LogP contribution in [0.15, 0.2) is 54.6 Å².